The average molecular weight is 328 g/mol. The van der Waals surface area contributed by atoms with Crippen LogP contribution < -0.4 is 14.8 Å². The zero-order valence-corrected chi connectivity index (χ0v) is 13.5. The number of hydrogen-bond acceptors (Lipinski definition) is 7. The Morgan fingerprint density at radius 3 is 2.81 bits per heavy atom. The molecule has 0 aromatic carbocycles. The van der Waals surface area contributed by atoms with Crippen LogP contribution in [0.5, 0.6) is 5.88 Å². The van der Waals surface area contributed by atoms with E-state index in [4.69, 9.17) is 4.74 Å². The van der Waals surface area contributed by atoms with E-state index in [1.54, 1.807) is 31.5 Å². The lowest BCUT2D eigenvalue weighted by molar-refractivity contribution is 0.397. The molecule has 21 heavy (non-hydrogen) atoms. The predicted molar refractivity (Wildman–Crippen MR) is 81.2 cm³/mol. The van der Waals surface area contributed by atoms with E-state index in [9.17, 15) is 8.42 Å². The van der Waals surface area contributed by atoms with Gasteiger partial charge >= 0.3 is 0 Å². The number of thiophene rings is 1. The Bertz CT molecular complexity index is 728. The fourth-order valence-corrected chi connectivity index (χ4v) is 4.12. The molecule has 2 heterocycles. The number of rotatable bonds is 6. The number of anilines is 1. The summed E-state index contributed by atoms with van der Waals surface area (Å²) < 4.78 is 32.2. The molecule has 0 amide bonds. The lowest BCUT2D eigenvalue weighted by Gasteiger charge is -2.09. The van der Waals surface area contributed by atoms with Gasteiger partial charge in [0.1, 0.15) is 4.90 Å². The molecule has 0 aliphatic heterocycles. The van der Waals surface area contributed by atoms with Crippen LogP contribution in [0.4, 0.5) is 5.95 Å². The minimum Gasteiger partial charge on any atom is -0.481 e. The van der Waals surface area contributed by atoms with E-state index in [1.165, 1.54) is 18.4 Å². The van der Waals surface area contributed by atoms with Gasteiger partial charge in [-0.15, -0.1) is 11.3 Å². The van der Waals surface area contributed by atoms with Crippen molar-refractivity contribution in [3.63, 3.8) is 0 Å². The summed E-state index contributed by atoms with van der Waals surface area (Å²) in [7, 11) is -0.500. The van der Waals surface area contributed by atoms with Crippen LogP contribution in [0, 0.1) is 6.92 Å². The second kappa shape index (κ2) is 6.37. The van der Waals surface area contributed by atoms with Crippen molar-refractivity contribution >= 4 is 27.3 Å². The molecule has 0 fully saturated rings. The van der Waals surface area contributed by atoms with Gasteiger partial charge in [-0.25, -0.2) is 18.1 Å². The summed E-state index contributed by atoms with van der Waals surface area (Å²) in [6.45, 7) is 2.21. The predicted octanol–water partition coefficient (Wildman–Crippen LogP) is 1.38. The third-order valence-corrected chi connectivity index (χ3v) is 5.06. The molecule has 0 aliphatic carbocycles. The van der Waals surface area contributed by atoms with Gasteiger partial charge < -0.3 is 10.1 Å². The van der Waals surface area contributed by atoms with Gasteiger partial charge in [0.25, 0.3) is 10.0 Å². The third kappa shape index (κ3) is 3.69. The van der Waals surface area contributed by atoms with Gasteiger partial charge in [-0.2, -0.15) is 4.98 Å². The lowest BCUT2D eigenvalue weighted by Crippen LogP contribution is -2.17. The molecule has 0 saturated heterocycles. The second-order valence-corrected chi connectivity index (χ2v) is 6.87. The van der Waals surface area contributed by atoms with Gasteiger partial charge in [-0.3, -0.25) is 0 Å². The van der Waals surface area contributed by atoms with Crippen molar-refractivity contribution in [1.29, 1.82) is 0 Å². The first kappa shape index (κ1) is 15.7. The van der Waals surface area contributed by atoms with Crippen molar-refractivity contribution in [2.45, 2.75) is 18.4 Å². The molecule has 0 unspecified atom stereocenters. The Morgan fingerprint density at radius 2 is 2.14 bits per heavy atom. The first-order valence-corrected chi connectivity index (χ1v) is 8.46. The van der Waals surface area contributed by atoms with Crippen molar-refractivity contribution in [2.24, 2.45) is 0 Å². The van der Waals surface area contributed by atoms with E-state index in [2.05, 4.69) is 20.0 Å². The van der Waals surface area contributed by atoms with Gasteiger partial charge in [-0.1, -0.05) is 0 Å². The summed E-state index contributed by atoms with van der Waals surface area (Å²) in [5, 5.41) is 4.68. The van der Waals surface area contributed by atoms with Crippen LogP contribution in [0.2, 0.25) is 0 Å². The lowest BCUT2D eigenvalue weighted by atomic mass is 10.4. The Hall–Kier alpha value is -1.71. The standard InChI is InChI=1S/C12H16N4O3S2/c1-8-6-11(19-3)15-12(14-8)16-21(17,18)10-4-5-20-9(10)7-13-2/h4-6,13H,7H2,1-3H3,(H,14,15,16). The van der Waals surface area contributed by atoms with Gasteiger partial charge in [0.05, 0.1) is 7.11 Å². The number of nitrogens with zero attached hydrogens (tertiary/aromatic N) is 2. The summed E-state index contributed by atoms with van der Waals surface area (Å²) in [6.07, 6.45) is 0. The fourth-order valence-electron chi connectivity index (χ4n) is 1.72. The van der Waals surface area contributed by atoms with Crippen LogP contribution in [0.1, 0.15) is 10.6 Å². The van der Waals surface area contributed by atoms with E-state index in [-0.39, 0.29) is 10.8 Å². The minimum absolute atomic E-state index is 0.00606. The molecule has 2 rings (SSSR count). The van der Waals surface area contributed by atoms with Crippen LogP contribution in [-0.4, -0.2) is 32.5 Å². The second-order valence-electron chi connectivity index (χ2n) is 4.22. The van der Waals surface area contributed by atoms with E-state index >= 15 is 0 Å². The highest BCUT2D eigenvalue weighted by Gasteiger charge is 2.21. The molecule has 7 nitrogen and oxygen atoms in total. The average Bonchev–Trinajstić information content (AvgIpc) is 2.87. The van der Waals surface area contributed by atoms with Crippen molar-refractivity contribution in [1.82, 2.24) is 15.3 Å². The molecule has 2 N–H and O–H groups in total. The molecule has 2 aromatic heterocycles. The third-order valence-electron chi connectivity index (χ3n) is 2.60. The van der Waals surface area contributed by atoms with E-state index < -0.39 is 10.0 Å². The van der Waals surface area contributed by atoms with Gasteiger partial charge in [0.15, 0.2) is 0 Å². The number of aromatic nitrogens is 2. The number of methoxy groups -OCH3 is 1. The number of hydrogen-bond donors (Lipinski definition) is 2. The molecule has 0 atom stereocenters. The molecule has 0 bridgehead atoms. The van der Waals surface area contributed by atoms with Gasteiger partial charge in [-0.05, 0) is 25.4 Å². The highest BCUT2D eigenvalue weighted by Crippen LogP contribution is 2.24. The maximum atomic E-state index is 12.4. The molecule has 9 heteroatoms. The summed E-state index contributed by atoms with van der Waals surface area (Å²) in [6, 6.07) is 3.18. The molecule has 0 radical (unpaired) electrons. The van der Waals surface area contributed by atoms with Crippen LogP contribution in [0.3, 0.4) is 0 Å². The summed E-state index contributed by atoms with van der Waals surface area (Å²) in [5.74, 6) is 0.300. The SMILES string of the molecule is CNCc1sccc1S(=O)(=O)Nc1nc(C)cc(OC)n1. The summed E-state index contributed by atoms with van der Waals surface area (Å²) >= 11 is 1.38. The minimum atomic E-state index is -3.72. The smallest absolute Gasteiger partial charge is 0.265 e. The van der Waals surface area contributed by atoms with Crippen LogP contribution >= 0.6 is 11.3 Å². The number of aryl methyl sites for hydroxylation is 1. The van der Waals surface area contributed by atoms with Crippen LogP contribution in [-0.2, 0) is 16.6 Å². The highest BCUT2D eigenvalue weighted by atomic mass is 32.2. The Balaban J connectivity index is 2.33. The maximum Gasteiger partial charge on any atom is 0.265 e. The molecule has 0 spiro atoms. The topological polar surface area (TPSA) is 93.2 Å². The maximum absolute atomic E-state index is 12.4. The molecular weight excluding hydrogens is 312 g/mol. The zero-order chi connectivity index (χ0) is 15.5. The number of ether oxygens (including phenoxy) is 1. The largest absolute Gasteiger partial charge is 0.481 e. The van der Waals surface area contributed by atoms with Crippen molar-refractivity contribution < 1.29 is 13.2 Å². The molecule has 114 valence electrons. The molecule has 0 saturated carbocycles. The first-order chi connectivity index (χ1) is 9.96. The van der Waals surface area contributed by atoms with E-state index in [1.807, 2.05) is 0 Å². The number of sulfonamides is 1. The monoisotopic (exact) mass is 328 g/mol. The Labute approximate surface area is 127 Å². The quantitative estimate of drug-likeness (QED) is 0.832. The van der Waals surface area contributed by atoms with Crippen LogP contribution in [0.25, 0.3) is 0 Å². The summed E-state index contributed by atoms with van der Waals surface area (Å²) in [4.78, 5) is 9.00. The summed E-state index contributed by atoms with van der Waals surface area (Å²) in [5.41, 5.74) is 0.611. The van der Waals surface area contributed by atoms with E-state index in [0.29, 0.717) is 18.1 Å². The Morgan fingerprint density at radius 1 is 1.38 bits per heavy atom. The van der Waals surface area contributed by atoms with Gasteiger partial charge in [0, 0.05) is 23.2 Å². The normalized spacial score (nSPS) is 11.4. The van der Waals surface area contributed by atoms with Crippen molar-refractivity contribution in [2.75, 3.05) is 18.9 Å². The molecule has 2 aromatic rings. The molecular formula is C12H16N4O3S2. The Kier molecular flexibility index (Phi) is 4.76. The number of nitrogens with one attached hydrogen (secondary N) is 2. The highest BCUT2D eigenvalue weighted by molar-refractivity contribution is 7.92. The van der Waals surface area contributed by atoms with Crippen molar-refractivity contribution in [3.05, 3.63) is 28.1 Å². The van der Waals surface area contributed by atoms with Crippen LogP contribution in [0.15, 0.2) is 22.4 Å². The van der Waals surface area contributed by atoms with Gasteiger partial charge in [0.2, 0.25) is 11.8 Å². The molecule has 0 aliphatic rings. The fraction of sp³-hybridized carbons (Fsp3) is 0.333. The zero-order valence-electron chi connectivity index (χ0n) is 11.9. The first-order valence-electron chi connectivity index (χ1n) is 6.09. The van der Waals surface area contributed by atoms with Crippen molar-refractivity contribution in [3.8, 4) is 5.88 Å². The van der Waals surface area contributed by atoms with E-state index in [0.717, 1.165) is 4.88 Å².